The van der Waals surface area contributed by atoms with Gasteiger partial charge in [0.15, 0.2) is 5.96 Å². The summed E-state index contributed by atoms with van der Waals surface area (Å²) in [7, 11) is 1.78. The van der Waals surface area contributed by atoms with Gasteiger partial charge in [-0.1, -0.05) is 25.5 Å². The quantitative estimate of drug-likeness (QED) is 0.313. The molecule has 0 aliphatic carbocycles. The minimum absolute atomic E-state index is 0.635. The first-order valence-corrected chi connectivity index (χ1v) is 10.3. The maximum Gasteiger partial charge on any atom is 0.191 e. The van der Waals surface area contributed by atoms with Gasteiger partial charge in [0.1, 0.15) is 5.82 Å². The van der Waals surface area contributed by atoms with E-state index in [0.29, 0.717) is 19.8 Å². The Morgan fingerprint density at radius 1 is 1.04 bits per heavy atom. The number of ether oxygens (including phenoxy) is 2. The summed E-state index contributed by atoms with van der Waals surface area (Å²) in [5.41, 5.74) is 2.25. The van der Waals surface area contributed by atoms with Gasteiger partial charge in [0.05, 0.1) is 30.9 Å². The molecule has 0 bridgehead atoms. The monoisotopic (exact) mass is 389 g/mol. The van der Waals surface area contributed by atoms with Crippen LogP contribution in [0.25, 0.3) is 11.0 Å². The Kier molecular flexibility index (Phi) is 10.4. The summed E-state index contributed by atoms with van der Waals surface area (Å²) < 4.78 is 13.3. The largest absolute Gasteiger partial charge is 0.379 e. The Morgan fingerprint density at radius 3 is 2.57 bits per heavy atom. The van der Waals surface area contributed by atoms with E-state index in [-0.39, 0.29) is 0 Å². The highest BCUT2D eigenvalue weighted by atomic mass is 16.5. The van der Waals surface area contributed by atoms with Crippen molar-refractivity contribution in [3.05, 3.63) is 30.1 Å². The fraction of sp³-hybridized carbons (Fsp3) is 0.619. The van der Waals surface area contributed by atoms with Crippen molar-refractivity contribution < 1.29 is 9.47 Å². The molecule has 2 rings (SSSR count). The Morgan fingerprint density at radius 2 is 1.79 bits per heavy atom. The van der Waals surface area contributed by atoms with Crippen LogP contribution in [0.15, 0.2) is 29.3 Å². The second kappa shape index (κ2) is 13.1. The minimum atomic E-state index is 0.635. The molecule has 0 fully saturated rings. The number of para-hydroxylation sites is 2. The van der Waals surface area contributed by atoms with E-state index >= 15 is 0 Å². The van der Waals surface area contributed by atoms with Crippen LogP contribution in [0.5, 0.6) is 0 Å². The number of hydrogen-bond acceptors (Lipinski definition) is 4. The van der Waals surface area contributed by atoms with E-state index < -0.39 is 0 Å². The van der Waals surface area contributed by atoms with E-state index in [1.165, 1.54) is 5.52 Å². The number of aryl methyl sites for hydroxylation is 2. The number of guanidine groups is 1. The predicted octanol–water partition coefficient (Wildman–Crippen LogP) is 2.73. The molecule has 0 aliphatic heterocycles. The van der Waals surface area contributed by atoms with Gasteiger partial charge in [0.25, 0.3) is 0 Å². The number of fused-ring (bicyclic) bond motifs is 1. The second-order valence-electron chi connectivity index (χ2n) is 6.66. The number of unbranched alkanes of at least 4 members (excludes halogenated alkanes) is 1. The number of aromatic nitrogens is 2. The molecule has 7 heteroatoms. The number of benzene rings is 1. The summed E-state index contributed by atoms with van der Waals surface area (Å²) in [6.07, 6.45) is 3.27. The van der Waals surface area contributed by atoms with Crippen molar-refractivity contribution in [3.63, 3.8) is 0 Å². The second-order valence-corrected chi connectivity index (χ2v) is 6.66. The van der Waals surface area contributed by atoms with Crippen molar-refractivity contribution >= 4 is 17.0 Å². The summed E-state index contributed by atoms with van der Waals surface area (Å²) in [4.78, 5) is 8.87. The van der Waals surface area contributed by atoms with Crippen molar-refractivity contribution in [1.29, 1.82) is 0 Å². The van der Waals surface area contributed by atoms with E-state index in [0.717, 1.165) is 62.8 Å². The average Bonchev–Trinajstić information content (AvgIpc) is 3.03. The zero-order chi connectivity index (χ0) is 20.0. The molecular weight excluding hydrogens is 354 g/mol. The fourth-order valence-electron chi connectivity index (χ4n) is 2.95. The third-order valence-corrected chi connectivity index (χ3v) is 4.47. The van der Waals surface area contributed by atoms with Crippen molar-refractivity contribution in [2.75, 3.05) is 46.6 Å². The highest BCUT2D eigenvalue weighted by Crippen LogP contribution is 2.15. The van der Waals surface area contributed by atoms with Crippen LogP contribution in [0.3, 0.4) is 0 Å². The molecule has 0 spiro atoms. The van der Waals surface area contributed by atoms with E-state index in [1.807, 2.05) is 6.07 Å². The maximum absolute atomic E-state index is 5.56. The number of nitrogens with zero attached hydrogens (tertiary/aromatic N) is 3. The maximum atomic E-state index is 5.56. The Balaban J connectivity index is 1.57. The Hall–Kier alpha value is -2.12. The first-order chi connectivity index (χ1) is 13.8. The molecule has 2 aromatic rings. The lowest BCUT2D eigenvalue weighted by Crippen LogP contribution is -2.39. The lowest BCUT2D eigenvalue weighted by molar-refractivity contribution is 0.0487. The molecule has 1 heterocycles. The molecule has 0 saturated heterocycles. The van der Waals surface area contributed by atoms with Crippen LogP contribution < -0.4 is 10.6 Å². The first-order valence-electron chi connectivity index (χ1n) is 10.3. The molecule has 0 amide bonds. The molecule has 156 valence electrons. The van der Waals surface area contributed by atoms with Crippen molar-refractivity contribution in [1.82, 2.24) is 20.2 Å². The average molecular weight is 390 g/mol. The van der Waals surface area contributed by atoms with Crippen molar-refractivity contribution in [2.24, 2.45) is 4.99 Å². The highest BCUT2D eigenvalue weighted by Gasteiger charge is 2.06. The zero-order valence-corrected chi connectivity index (χ0v) is 17.5. The molecule has 28 heavy (non-hydrogen) atoms. The molecule has 1 aromatic carbocycles. The van der Waals surface area contributed by atoms with Crippen LogP contribution in [0.4, 0.5) is 0 Å². The van der Waals surface area contributed by atoms with Gasteiger partial charge in [-0.15, -0.1) is 0 Å². The van der Waals surface area contributed by atoms with Crippen LogP contribution >= 0.6 is 0 Å². The van der Waals surface area contributed by atoms with Gasteiger partial charge in [-0.3, -0.25) is 4.99 Å². The molecule has 0 saturated carbocycles. The van der Waals surface area contributed by atoms with Crippen LogP contribution in [-0.2, 0) is 16.0 Å². The number of rotatable bonds is 13. The number of nitrogens with one attached hydrogen (secondary N) is 2. The van der Waals surface area contributed by atoms with E-state index in [2.05, 4.69) is 57.2 Å². The highest BCUT2D eigenvalue weighted by molar-refractivity contribution is 5.79. The molecule has 0 unspecified atom stereocenters. The molecule has 7 nitrogen and oxygen atoms in total. The molecular formula is C21H35N5O2. The smallest absolute Gasteiger partial charge is 0.191 e. The molecule has 0 aliphatic rings. The lowest BCUT2D eigenvalue weighted by Gasteiger charge is -2.13. The van der Waals surface area contributed by atoms with Gasteiger partial charge >= 0.3 is 0 Å². The van der Waals surface area contributed by atoms with Gasteiger partial charge in [-0.05, 0) is 31.9 Å². The predicted molar refractivity (Wildman–Crippen MR) is 115 cm³/mol. The molecule has 0 radical (unpaired) electrons. The first kappa shape index (κ1) is 22.2. The third-order valence-electron chi connectivity index (χ3n) is 4.47. The summed E-state index contributed by atoms with van der Waals surface area (Å²) in [5.74, 6) is 1.86. The molecule has 2 N–H and O–H groups in total. The third kappa shape index (κ3) is 7.48. The van der Waals surface area contributed by atoms with Gasteiger partial charge in [0, 0.05) is 33.3 Å². The van der Waals surface area contributed by atoms with Gasteiger partial charge in [-0.2, -0.15) is 0 Å². The summed E-state index contributed by atoms with van der Waals surface area (Å²) in [5, 5.41) is 6.62. The van der Waals surface area contributed by atoms with E-state index in [1.54, 1.807) is 7.05 Å². The Labute approximate surface area is 168 Å². The number of hydrogen-bond donors (Lipinski definition) is 2. The van der Waals surface area contributed by atoms with Gasteiger partial charge < -0.3 is 24.7 Å². The van der Waals surface area contributed by atoms with E-state index in [4.69, 9.17) is 9.47 Å². The minimum Gasteiger partial charge on any atom is -0.379 e. The zero-order valence-electron chi connectivity index (χ0n) is 17.5. The van der Waals surface area contributed by atoms with Crippen LogP contribution in [-0.4, -0.2) is 62.1 Å². The standard InChI is InChI=1S/C21H35N5O2/c1-4-5-14-27-16-17-28-15-12-24-21(22-3)23-11-8-13-26-18(2)25-19-9-6-7-10-20(19)26/h6-7,9-10H,4-5,8,11-17H2,1-3H3,(H2,22,23,24). The van der Waals surface area contributed by atoms with Crippen LogP contribution in [0.1, 0.15) is 32.0 Å². The van der Waals surface area contributed by atoms with Gasteiger partial charge in [-0.25, -0.2) is 4.98 Å². The van der Waals surface area contributed by atoms with E-state index in [9.17, 15) is 0 Å². The molecule has 1 aromatic heterocycles. The van der Waals surface area contributed by atoms with Crippen molar-refractivity contribution in [3.8, 4) is 0 Å². The normalized spacial score (nSPS) is 11.9. The van der Waals surface area contributed by atoms with Gasteiger partial charge in [0.2, 0.25) is 0 Å². The number of imidazole rings is 1. The van der Waals surface area contributed by atoms with Crippen molar-refractivity contribution in [2.45, 2.75) is 39.7 Å². The Bertz CT molecular complexity index is 714. The SMILES string of the molecule is CCCCOCCOCCNC(=NC)NCCCn1c(C)nc2ccccc21. The summed E-state index contributed by atoms with van der Waals surface area (Å²) >= 11 is 0. The molecule has 0 atom stereocenters. The summed E-state index contributed by atoms with van der Waals surface area (Å²) in [6, 6.07) is 8.27. The fourth-order valence-corrected chi connectivity index (χ4v) is 2.95. The summed E-state index contributed by atoms with van der Waals surface area (Å²) in [6.45, 7) is 9.47. The lowest BCUT2D eigenvalue weighted by atomic mass is 10.3. The topological polar surface area (TPSA) is 72.7 Å². The number of aliphatic imine (C=N–C) groups is 1. The van der Waals surface area contributed by atoms with Crippen LogP contribution in [0.2, 0.25) is 0 Å². The van der Waals surface area contributed by atoms with Crippen LogP contribution in [0, 0.1) is 6.92 Å².